The Kier molecular flexibility index (Phi) is 41.1. The maximum atomic E-state index is 12.5. The Balaban J connectivity index is 0.000000278. The third-order valence-electron chi connectivity index (χ3n) is 13.8. The number of halogens is 11. The van der Waals surface area contributed by atoms with Gasteiger partial charge in [-0.1, -0.05) is 160 Å². The molecule has 13 aromatic rings. The first-order valence-electron chi connectivity index (χ1n) is 31.4. The Morgan fingerprint density at radius 1 is 0.291 bits per heavy atom. The molecule has 0 saturated heterocycles. The van der Waals surface area contributed by atoms with E-state index in [9.17, 15) is 58.2 Å². The van der Waals surface area contributed by atoms with Crippen molar-refractivity contribution in [3.05, 3.63) is 374 Å². The number of thiol groups is 4. The number of carbonyl (C=O) groups is 3. The third kappa shape index (κ3) is 29.9. The highest BCUT2D eigenvalue weighted by atomic mass is 32.2. The van der Waals surface area contributed by atoms with Crippen LogP contribution in [0.15, 0.2) is 418 Å². The van der Waals surface area contributed by atoms with Crippen LogP contribution in [0.25, 0.3) is 0 Å². The minimum atomic E-state index is -5.19. The molecule has 570 valence electrons. The van der Waals surface area contributed by atoms with Crippen molar-refractivity contribution < 1.29 is 78.0 Å². The SMILES string of the molecule is C.C.FC(F)F.O=C([O-])C(F)(F)F.O=C([O-])c1c(F)c(F)c(F)c(F)c1F.O=C[O-].Sc1ccc([S+](c2ccccc2)c2ccccc2)cc1.Sc1ccc([S+](c2ccccc2)c2ccccc2)cc1.Sc1ccc([S+](c2ccccc2)c2ccccc2)cc1.Sc1ccc([S+](c2ccccc2)c2ccccc2)cc1. The highest BCUT2D eigenvalue weighted by Gasteiger charge is 2.33. The number of hydrogen-bond acceptors (Lipinski definition) is 10. The molecule has 0 spiro atoms. The summed E-state index contributed by atoms with van der Waals surface area (Å²) < 4.78 is 123. The molecule has 0 N–H and O–H groups in total. The van der Waals surface area contributed by atoms with Gasteiger partial charge < -0.3 is 29.7 Å². The van der Waals surface area contributed by atoms with Gasteiger partial charge in [0.1, 0.15) is 5.97 Å². The topological polar surface area (TPSA) is 120 Å². The van der Waals surface area contributed by atoms with Crippen molar-refractivity contribution in [3.8, 4) is 0 Å². The summed E-state index contributed by atoms with van der Waals surface area (Å²) in [6.45, 7) is -4.17. The van der Waals surface area contributed by atoms with E-state index in [1.54, 1.807) is 0 Å². The zero-order chi connectivity index (χ0) is 78.5. The minimum Gasteiger partial charge on any atom is -0.554 e. The van der Waals surface area contributed by atoms with Crippen LogP contribution in [0, 0.1) is 29.1 Å². The molecule has 0 atom stereocenters. The van der Waals surface area contributed by atoms with Crippen LogP contribution in [0.3, 0.4) is 0 Å². The van der Waals surface area contributed by atoms with Crippen molar-refractivity contribution >= 4 is 113 Å². The van der Waals surface area contributed by atoms with Crippen LogP contribution in [0.4, 0.5) is 48.3 Å². The summed E-state index contributed by atoms with van der Waals surface area (Å²) in [7, 11) is -0.227. The molecule has 0 amide bonds. The van der Waals surface area contributed by atoms with Gasteiger partial charge in [-0.3, -0.25) is 0 Å². The van der Waals surface area contributed by atoms with Crippen LogP contribution in [0.2, 0.25) is 0 Å². The van der Waals surface area contributed by atoms with Gasteiger partial charge in [-0.15, -0.1) is 50.5 Å². The van der Waals surface area contributed by atoms with Crippen molar-refractivity contribution in [2.45, 2.75) is 106 Å². The summed E-state index contributed by atoms with van der Waals surface area (Å²) in [6, 6.07) is 119. The zero-order valence-electron chi connectivity index (χ0n) is 56.0. The normalized spacial score (nSPS) is 10.3. The number of carboxylic acids is 2. The summed E-state index contributed by atoms with van der Waals surface area (Å²) in [5.74, 6) is -17.4. The molecule has 6 nitrogen and oxygen atoms in total. The van der Waals surface area contributed by atoms with E-state index in [1.165, 1.54) is 58.7 Å². The lowest BCUT2D eigenvalue weighted by atomic mass is 10.1. The number of carbonyl (C=O) groups excluding carboxylic acids is 3. The fourth-order valence-corrected chi connectivity index (χ4v) is 18.1. The van der Waals surface area contributed by atoms with Crippen LogP contribution < -0.4 is 15.3 Å². The third-order valence-corrected chi connectivity index (χ3v) is 23.9. The number of hydrogen-bond donors (Lipinski definition) is 4. The largest absolute Gasteiger partial charge is 0.554 e. The molecule has 0 heterocycles. The molecule has 0 aliphatic carbocycles. The average molecular weight is 1650 g/mol. The second kappa shape index (κ2) is 48.7. The number of benzene rings is 13. The van der Waals surface area contributed by atoms with E-state index >= 15 is 0 Å². The molecule has 0 bridgehead atoms. The summed E-state index contributed by atoms with van der Waals surface area (Å²) in [6.07, 6.45) is -5.19. The molecule has 0 radical (unpaired) electrons. The minimum absolute atomic E-state index is 0. The molecule has 0 aromatic heterocycles. The molecule has 0 unspecified atom stereocenters. The van der Waals surface area contributed by atoms with E-state index in [-0.39, 0.29) is 58.4 Å². The van der Waals surface area contributed by atoms with Crippen LogP contribution >= 0.6 is 50.5 Å². The average Bonchev–Trinajstić information content (AvgIpc) is 0.787. The monoisotopic (exact) mass is 1650 g/mol. The van der Waals surface area contributed by atoms with Crippen molar-refractivity contribution in [2.24, 2.45) is 0 Å². The van der Waals surface area contributed by atoms with Crippen molar-refractivity contribution in [2.75, 3.05) is 0 Å². The Labute approximate surface area is 665 Å². The van der Waals surface area contributed by atoms with E-state index < -0.39 is 65.9 Å². The lowest BCUT2D eigenvalue weighted by Gasteiger charge is -2.07. The van der Waals surface area contributed by atoms with Gasteiger partial charge in [-0.05, 0) is 194 Å². The van der Waals surface area contributed by atoms with Gasteiger partial charge in [0.15, 0.2) is 82.0 Å². The number of alkyl halides is 6. The second-order valence-corrected chi connectivity index (χ2v) is 31.2. The Morgan fingerprint density at radius 3 is 0.527 bits per heavy atom. The predicted octanol–water partition coefficient (Wildman–Crippen LogP) is 21.1. The van der Waals surface area contributed by atoms with Gasteiger partial charge in [0.2, 0.25) is 5.82 Å². The summed E-state index contributed by atoms with van der Waals surface area (Å²) in [5, 5.41) is 27.0. The van der Waals surface area contributed by atoms with Gasteiger partial charge in [-0.25, -0.2) is 22.0 Å². The van der Waals surface area contributed by atoms with Crippen LogP contribution in [-0.2, 0) is 53.2 Å². The maximum Gasteiger partial charge on any atom is 0.430 e. The van der Waals surface area contributed by atoms with Gasteiger partial charge in [0, 0.05) is 26.1 Å². The summed E-state index contributed by atoms with van der Waals surface area (Å²) in [4.78, 5) is 47.0. The molecule has 13 rings (SSSR count). The smallest absolute Gasteiger partial charge is 0.430 e. The second-order valence-electron chi connectivity index (χ2n) is 21.1. The molecule has 0 saturated carbocycles. The molecule has 13 aromatic carbocycles. The van der Waals surface area contributed by atoms with Crippen molar-refractivity contribution in [1.82, 2.24) is 0 Å². The zero-order valence-corrected chi connectivity index (χ0v) is 62.9. The van der Waals surface area contributed by atoms with E-state index in [0.717, 1.165) is 19.6 Å². The standard InChI is InChI=1S/4C18H14S2.C7HF5O2.C2HF3O2.CHF3.CH2O2.2CH4/c4*19-15-11-13-18(14-12-15)20(16-7-3-1-4-8-16)17-9-5-2-6-10-17;8-2-1(7(13)14)3(9)5(11)6(12)4(2)10;3-2(4,5)1(6)7;2-1(3)4;2-1-3;;/h4*1-14H;(H,13,14);(H,6,7);1H;1H,(H,2,3);2*1H4/p+1. The van der Waals surface area contributed by atoms with Crippen LogP contribution in [0.1, 0.15) is 25.2 Å². The van der Waals surface area contributed by atoms with E-state index in [4.69, 9.17) is 19.8 Å². The molecular weight excluding hydrogens is 1580 g/mol. The fourth-order valence-electron chi connectivity index (χ4n) is 9.20. The molecular formula is C85H70F11O6S8+. The van der Waals surface area contributed by atoms with Crippen LogP contribution in [-0.4, -0.2) is 31.3 Å². The molecule has 0 aliphatic heterocycles. The Hall–Kier alpha value is -9.70. The lowest BCUT2D eigenvalue weighted by molar-refractivity contribution is -0.344. The highest BCUT2D eigenvalue weighted by Crippen LogP contribution is 2.36. The molecule has 110 heavy (non-hydrogen) atoms. The Morgan fingerprint density at radius 2 is 0.409 bits per heavy atom. The van der Waals surface area contributed by atoms with Gasteiger partial charge in [0.05, 0.1) is 55.1 Å². The van der Waals surface area contributed by atoms with E-state index in [2.05, 4.69) is 390 Å². The van der Waals surface area contributed by atoms with Gasteiger partial charge >= 0.3 is 12.9 Å². The lowest BCUT2D eigenvalue weighted by Crippen LogP contribution is -2.37. The summed E-state index contributed by atoms with van der Waals surface area (Å²) >= 11 is 17.5. The molecule has 0 fully saturated rings. The number of carboxylic acid groups (broad SMARTS) is 3. The van der Waals surface area contributed by atoms with Gasteiger partial charge in [-0.2, -0.15) is 26.3 Å². The first-order chi connectivity index (χ1) is 51.8. The molecule has 25 heteroatoms. The fraction of sp³-hybridized carbons (Fsp3) is 0.0471. The van der Waals surface area contributed by atoms with E-state index in [1.807, 2.05) is 0 Å². The van der Waals surface area contributed by atoms with E-state index in [0.29, 0.717) is 0 Å². The number of rotatable bonds is 13. The quantitative estimate of drug-likeness (QED) is 0.0228. The Bertz CT molecular complexity index is 4100. The van der Waals surface area contributed by atoms with Crippen LogP contribution in [0.5, 0.6) is 0 Å². The highest BCUT2D eigenvalue weighted by molar-refractivity contribution is 7.98. The van der Waals surface area contributed by atoms with Gasteiger partial charge in [0.25, 0.3) is 0 Å². The molecule has 0 aliphatic rings. The number of aliphatic carboxylic acids is 1. The predicted molar refractivity (Wildman–Crippen MR) is 423 cm³/mol. The summed E-state index contributed by atoms with van der Waals surface area (Å²) in [5.41, 5.74) is -1.97. The first-order valence-corrected chi connectivity index (χ1v) is 38.1. The van der Waals surface area contributed by atoms with Crippen molar-refractivity contribution in [1.29, 1.82) is 0 Å². The maximum absolute atomic E-state index is 12.5. The van der Waals surface area contributed by atoms with Crippen molar-refractivity contribution in [3.63, 3.8) is 0 Å². The first kappa shape index (κ1) is 92.7. The number of aromatic carboxylic acids is 1.